The molecule has 4 aliphatic carbocycles. The zero-order valence-electron chi connectivity index (χ0n) is 50.3. The third-order valence-corrected chi connectivity index (χ3v) is 20.9. The Labute approximate surface area is 518 Å². The van der Waals surface area contributed by atoms with Gasteiger partial charge in [0.05, 0.1) is 42.2 Å². The third kappa shape index (κ3) is 14.0. The minimum Gasteiger partial charge on any atom is -0.726 e. The molecule has 5 aliphatic heterocycles. The van der Waals surface area contributed by atoms with Gasteiger partial charge in [0, 0.05) is 0 Å². The number of Topliss-reactive ketones (excluding diaryl/α,β-unsaturated/α-hetero) is 1. The van der Waals surface area contributed by atoms with Crippen molar-refractivity contribution in [1.82, 2.24) is 0 Å². The normalized spacial score (nSPS) is 51.0. The van der Waals surface area contributed by atoms with Gasteiger partial charge in [0.1, 0.15) is 85.5 Å². The quantitative estimate of drug-likeness (QED) is 0.0307. The van der Waals surface area contributed by atoms with E-state index in [9.17, 15) is 73.9 Å². The number of rotatable bonds is 16. The van der Waals surface area contributed by atoms with Gasteiger partial charge in [-0.25, -0.2) is 8.42 Å². The summed E-state index contributed by atoms with van der Waals surface area (Å²) in [5.74, 6) is -1.36. The van der Waals surface area contributed by atoms with Gasteiger partial charge in [-0.05, 0) is 148 Å². The third-order valence-electron chi connectivity index (χ3n) is 20.4. The zero-order valence-corrected chi connectivity index (χ0v) is 53.1. The Kier molecular flexibility index (Phi) is 22.3. The molecular formula is C57H91NaO26S. The monoisotopic (exact) mass is 1250 g/mol. The van der Waals surface area contributed by atoms with Crippen molar-refractivity contribution in [2.45, 2.75) is 292 Å². The van der Waals surface area contributed by atoms with Crippen LogP contribution in [0.5, 0.6) is 0 Å². The van der Waals surface area contributed by atoms with Crippen molar-refractivity contribution in [2.75, 3.05) is 0 Å². The molecular weight excluding hydrogens is 1160 g/mol. The van der Waals surface area contributed by atoms with Crippen LogP contribution in [-0.4, -0.2) is 240 Å². The second-order valence-electron chi connectivity index (χ2n) is 26.4. The Hall–Kier alpha value is -0.820. The van der Waals surface area contributed by atoms with E-state index in [1.54, 1.807) is 0 Å². The number of ketones is 1. The van der Waals surface area contributed by atoms with Crippen molar-refractivity contribution in [3.05, 3.63) is 23.3 Å². The van der Waals surface area contributed by atoms with Gasteiger partial charge in [-0.15, -0.1) is 0 Å². The summed E-state index contributed by atoms with van der Waals surface area (Å²) in [5, 5.41) is 124. The summed E-state index contributed by atoms with van der Waals surface area (Å²) < 4.78 is 103. The van der Waals surface area contributed by atoms with Crippen molar-refractivity contribution in [3.63, 3.8) is 0 Å². The minimum atomic E-state index is -5.11. The molecule has 85 heavy (non-hydrogen) atoms. The second kappa shape index (κ2) is 27.0. The van der Waals surface area contributed by atoms with E-state index in [1.165, 1.54) is 45.8 Å². The summed E-state index contributed by atoms with van der Waals surface area (Å²) in [5.41, 5.74) is 0.429. The summed E-state index contributed by atoms with van der Waals surface area (Å²) >= 11 is 0. The molecule has 9 aliphatic rings. The van der Waals surface area contributed by atoms with Crippen molar-refractivity contribution in [3.8, 4) is 0 Å². The molecule has 0 bridgehead atoms. The van der Waals surface area contributed by atoms with Crippen LogP contribution in [0, 0.1) is 34.5 Å². The van der Waals surface area contributed by atoms with Crippen molar-refractivity contribution < 1.29 is 155 Å². The van der Waals surface area contributed by atoms with Crippen molar-refractivity contribution in [1.29, 1.82) is 0 Å². The second-order valence-corrected chi connectivity index (χ2v) is 27.4. The Bertz CT molecular complexity index is 2470. The fraction of sp³-hybridized carbons (Fsp3) is 0.912. The minimum absolute atomic E-state index is 0. The Morgan fingerprint density at radius 1 is 0.647 bits per heavy atom. The molecule has 0 aromatic heterocycles. The number of carbonyl (C=O) groups excluding carboxylic acids is 1. The first kappa shape index (κ1) is 70.1. The van der Waals surface area contributed by atoms with E-state index in [-0.39, 0.29) is 65.6 Å². The summed E-state index contributed by atoms with van der Waals surface area (Å²) in [6, 6.07) is 0. The van der Waals surface area contributed by atoms with Gasteiger partial charge in [0.2, 0.25) is 10.4 Å². The van der Waals surface area contributed by atoms with Gasteiger partial charge in [0.25, 0.3) is 0 Å². The number of hydrogen-bond acceptors (Lipinski definition) is 26. The van der Waals surface area contributed by atoms with Gasteiger partial charge in [0.15, 0.2) is 43.3 Å². The molecule has 5 heterocycles. The first-order valence-electron chi connectivity index (χ1n) is 29.8. The first-order chi connectivity index (χ1) is 39.2. The van der Waals surface area contributed by atoms with Gasteiger partial charge in [-0.2, -0.15) is 0 Å². The molecule has 0 aromatic carbocycles. The maximum absolute atomic E-state index is 14.4. The van der Waals surface area contributed by atoms with Crippen molar-refractivity contribution in [2.24, 2.45) is 34.5 Å². The van der Waals surface area contributed by atoms with Gasteiger partial charge < -0.3 is 108 Å². The molecule has 3 saturated carbocycles. The molecule has 5 saturated heterocycles. The van der Waals surface area contributed by atoms with E-state index in [4.69, 9.17) is 51.6 Å². The number of ether oxygens (including phenoxy) is 10. The summed E-state index contributed by atoms with van der Waals surface area (Å²) in [6.45, 7) is 17.3. The van der Waals surface area contributed by atoms with Crippen LogP contribution < -0.4 is 29.6 Å². The standard InChI is InChI=1S/C57H92O26S.Na/c1-22(2)12-11-17-57(10,69)34-14-13-30-29-21-33(32-20-28(83-84(70,71)72)15-18-55(32,8)31(29)16-19-56(30,34)9)78-52-45(68)47(38(61)26(6)75-52)80-54-49(82-51-43(66)40(63)36(59)24(4)74-51)44(67)46(27(7)77-54)79-53-48(41(64)37(60)25(5)76-53)81-50-42(65)39(62)35(58)23(3)73-50;/h12,16,23-30,32-37,39-54,58-60,62-69H,11,13-15,17-21H2,1-10H3,(H,70,71,72);/q;+1/p-1/t23-,24-,25-,26-,27-,28+,29+,30+,32-,33+,34+,35+,36-,37+,39+,40+,41+,42-,43-,44+,45-,46-,47+,48-,49-,50+,51+,52+,53+,54+,55-,56+,57+;/m1./s1. The Balaban J connectivity index is 0.00000940. The van der Waals surface area contributed by atoms with Gasteiger partial charge in [-0.3, -0.25) is 8.98 Å². The predicted molar refractivity (Wildman–Crippen MR) is 286 cm³/mol. The number of aliphatic hydroxyl groups excluding tert-OH is 10. The molecule has 0 aromatic rings. The number of hydrogen-bond donors (Lipinski definition) is 11. The van der Waals surface area contributed by atoms with Crippen LogP contribution in [0.3, 0.4) is 0 Å². The summed E-state index contributed by atoms with van der Waals surface area (Å²) in [7, 11) is -5.11. The predicted octanol–water partition coefficient (Wildman–Crippen LogP) is -3.65. The summed E-state index contributed by atoms with van der Waals surface area (Å²) in [6.07, 6.45) is -32.4. The number of fused-ring (bicyclic) bond motifs is 5. The van der Waals surface area contributed by atoms with Gasteiger partial charge in [-0.1, -0.05) is 37.1 Å². The molecule has 9 rings (SSSR count). The fourth-order valence-electron chi connectivity index (χ4n) is 15.6. The Morgan fingerprint density at radius 3 is 1.74 bits per heavy atom. The van der Waals surface area contributed by atoms with Gasteiger partial charge >= 0.3 is 29.6 Å². The molecule has 28 heteroatoms. The van der Waals surface area contributed by atoms with E-state index in [0.29, 0.717) is 25.7 Å². The topological polar surface area (TPSA) is 398 Å². The van der Waals surface area contributed by atoms with E-state index >= 15 is 0 Å². The molecule has 0 spiro atoms. The molecule has 0 unspecified atom stereocenters. The summed E-state index contributed by atoms with van der Waals surface area (Å²) in [4.78, 5) is 14.4. The van der Waals surface area contributed by atoms with Crippen LogP contribution in [0.1, 0.15) is 127 Å². The maximum atomic E-state index is 14.4. The molecule has 8 fully saturated rings. The molecule has 26 nitrogen and oxygen atoms in total. The van der Waals surface area contributed by atoms with Crippen molar-refractivity contribution >= 4 is 16.2 Å². The molecule has 0 amide bonds. The Morgan fingerprint density at radius 2 is 1.16 bits per heavy atom. The molecule has 482 valence electrons. The van der Waals surface area contributed by atoms with Crippen LogP contribution in [-0.2, 0) is 66.7 Å². The first-order valence-corrected chi connectivity index (χ1v) is 31.1. The van der Waals surface area contributed by atoms with Crippen LogP contribution in [0.15, 0.2) is 23.3 Å². The number of aliphatic hydroxyl groups is 11. The van der Waals surface area contributed by atoms with Crippen LogP contribution in [0.4, 0.5) is 0 Å². The zero-order chi connectivity index (χ0) is 61.6. The van der Waals surface area contributed by atoms with E-state index in [2.05, 4.69) is 26.0 Å². The average Bonchev–Trinajstić information content (AvgIpc) is 1.77. The number of allylic oxidation sites excluding steroid dienone is 4. The van der Waals surface area contributed by atoms with Crippen LogP contribution in [0.2, 0.25) is 0 Å². The van der Waals surface area contributed by atoms with E-state index in [1.807, 2.05) is 20.8 Å². The average molecular weight is 1250 g/mol. The largest absolute Gasteiger partial charge is 1.00 e. The SMILES string of the molecule is CC(C)=CCC[C@](C)(O)[C@H]1CC[C@H]2[C@@H]3C[C@H](O[C@@H]4O[C@H](C)C(=O)[C@H](O[C@@H]5O[C@H](C)[C@@H](O[C@@H]6O[C@H](C)[C@H](O)[C@H](O)[C@H]6O[C@@H]6O[C@H](C)[C@H](O)[C@H](O)[C@H]6O)[C@H](O)[C@H]5O[C@@H]5O[C@H](C)[C@@H](O)[C@H](O)[C@H]5O)[C@H]4O)[C@H]4C[C@@H](OS(=O)(=O)[O-])CC[C@]4(C)C3=CC[C@@]21C.[Na+]. The molecule has 11 N–H and O–H groups in total. The molecule has 33 atom stereocenters. The number of carbonyl (C=O) groups is 1. The van der Waals surface area contributed by atoms with E-state index < -0.39 is 193 Å². The van der Waals surface area contributed by atoms with Crippen LogP contribution >= 0.6 is 0 Å². The smallest absolute Gasteiger partial charge is 0.726 e. The fourth-order valence-corrected chi connectivity index (χ4v) is 16.1. The van der Waals surface area contributed by atoms with E-state index in [0.717, 1.165) is 19.3 Å². The van der Waals surface area contributed by atoms with Crippen LogP contribution in [0.25, 0.3) is 0 Å². The maximum Gasteiger partial charge on any atom is 1.00 e. The molecule has 0 radical (unpaired) electrons.